The van der Waals surface area contributed by atoms with Crippen molar-refractivity contribution in [1.82, 2.24) is 25.1 Å². The molecule has 12 heteroatoms. The number of aromatic nitrogens is 2. The van der Waals surface area contributed by atoms with E-state index in [2.05, 4.69) is 10.6 Å². The number of amides is 2. The van der Waals surface area contributed by atoms with Gasteiger partial charge in [0.1, 0.15) is 29.7 Å². The van der Waals surface area contributed by atoms with E-state index in [4.69, 9.17) is 9.72 Å². The lowest BCUT2D eigenvalue weighted by Crippen LogP contribution is -2.53. The van der Waals surface area contributed by atoms with Crippen LogP contribution in [0.15, 0.2) is 54.7 Å². The van der Waals surface area contributed by atoms with E-state index >= 15 is 8.78 Å². The number of hydrogen-bond donors (Lipinski definition) is 2. The van der Waals surface area contributed by atoms with Crippen LogP contribution < -0.4 is 10.6 Å². The fourth-order valence-corrected chi connectivity index (χ4v) is 5.67. The van der Waals surface area contributed by atoms with Crippen LogP contribution in [0.25, 0.3) is 11.3 Å². The molecule has 0 aliphatic carbocycles. The van der Waals surface area contributed by atoms with E-state index in [0.29, 0.717) is 0 Å². The number of hydrogen-bond acceptors (Lipinski definition) is 6. The van der Waals surface area contributed by atoms with Crippen molar-refractivity contribution in [3.8, 4) is 11.3 Å². The van der Waals surface area contributed by atoms with Crippen molar-refractivity contribution in [2.24, 2.45) is 11.3 Å². The van der Waals surface area contributed by atoms with Crippen LogP contribution in [0.1, 0.15) is 45.1 Å². The third-order valence-electron chi connectivity index (χ3n) is 7.92. The number of alkyl halides is 1. The topological polar surface area (TPSA) is 106 Å². The molecule has 1 aliphatic rings. The number of halogens is 3. The van der Waals surface area contributed by atoms with Crippen LogP contribution in [0.2, 0.25) is 0 Å². The molecule has 2 aromatic carbocycles. The van der Waals surface area contributed by atoms with Crippen LogP contribution in [0.5, 0.6) is 0 Å². The largest absolute Gasteiger partial charge is 0.453 e. The summed E-state index contributed by atoms with van der Waals surface area (Å²) >= 11 is 0. The summed E-state index contributed by atoms with van der Waals surface area (Å²) in [6.45, 7) is 6.27. The van der Waals surface area contributed by atoms with Crippen LogP contribution in [0.3, 0.4) is 0 Å². The highest BCUT2D eigenvalue weighted by atomic mass is 19.1. The molecule has 3 aromatic rings. The van der Waals surface area contributed by atoms with Gasteiger partial charge in [0.25, 0.3) is 5.91 Å². The molecule has 0 saturated carbocycles. The predicted molar refractivity (Wildman–Crippen MR) is 158 cm³/mol. The molecule has 1 aliphatic heterocycles. The second-order valence-corrected chi connectivity index (χ2v) is 11.6. The minimum atomic E-state index is -1.39. The number of imidazole rings is 1. The molecule has 1 fully saturated rings. The Hall–Kier alpha value is -4.19. The van der Waals surface area contributed by atoms with E-state index in [1.165, 1.54) is 25.8 Å². The lowest BCUT2D eigenvalue weighted by atomic mass is 9.80. The molecule has 4 rings (SSSR count). The maximum absolute atomic E-state index is 15.0. The van der Waals surface area contributed by atoms with Crippen molar-refractivity contribution >= 4 is 17.8 Å². The van der Waals surface area contributed by atoms with Gasteiger partial charge in [0.05, 0.1) is 11.1 Å². The van der Waals surface area contributed by atoms with Gasteiger partial charge in [-0.1, -0.05) is 30.3 Å². The van der Waals surface area contributed by atoms with Crippen LogP contribution in [0, 0.1) is 23.0 Å². The second-order valence-electron chi connectivity index (χ2n) is 11.6. The zero-order valence-electron chi connectivity index (χ0n) is 25.4. The van der Waals surface area contributed by atoms with Gasteiger partial charge in [0, 0.05) is 57.8 Å². The Bertz CT molecular complexity index is 1500. The molecule has 1 unspecified atom stereocenters. The Morgan fingerprint density at radius 3 is 2.48 bits per heavy atom. The summed E-state index contributed by atoms with van der Waals surface area (Å²) in [5, 5.41) is 5.63. The summed E-state index contributed by atoms with van der Waals surface area (Å²) in [5.74, 6) is -3.62. The van der Waals surface area contributed by atoms with Crippen molar-refractivity contribution in [3.05, 3.63) is 77.8 Å². The van der Waals surface area contributed by atoms with E-state index in [9.17, 15) is 18.8 Å². The monoisotopic (exact) mass is 613 g/mol. The number of rotatable bonds is 11. The van der Waals surface area contributed by atoms with Gasteiger partial charge in [-0.05, 0) is 44.5 Å². The van der Waals surface area contributed by atoms with Crippen molar-refractivity contribution < 1.29 is 32.3 Å². The Morgan fingerprint density at radius 2 is 1.86 bits per heavy atom. The fraction of sp³-hybridized carbons (Fsp3) is 0.438. The lowest BCUT2D eigenvalue weighted by molar-refractivity contribution is -0.162. The first-order chi connectivity index (χ1) is 20.8. The fourth-order valence-electron chi connectivity index (χ4n) is 5.67. The summed E-state index contributed by atoms with van der Waals surface area (Å²) in [5.41, 5.74) is -0.583. The van der Waals surface area contributed by atoms with E-state index < -0.39 is 59.1 Å². The van der Waals surface area contributed by atoms with Crippen LogP contribution in [-0.2, 0) is 25.7 Å². The molecular weight excluding hydrogens is 575 g/mol. The Morgan fingerprint density at radius 1 is 1.16 bits per heavy atom. The number of nitrogens with one attached hydrogen (secondary N) is 2. The van der Waals surface area contributed by atoms with E-state index in [1.807, 2.05) is 30.3 Å². The van der Waals surface area contributed by atoms with Gasteiger partial charge in [-0.25, -0.2) is 18.2 Å². The highest BCUT2D eigenvalue weighted by molar-refractivity contribution is 5.86. The number of nitrogens with zero attached hydrogens (tertiary/aromatic N) is 3. The van der Waals surface area contributed by atoms with E-state index in [1.54, 1.807) is 24.6 Å². The number of ether oxygens (including phenoxy) is 1. The van der Waals surface area contributed by atoms with Gasteiger partial charge in [0.15, 0.2) is 6.10 Å². The molecule has 4 atom stereocenters. The third kappa shape index (κ3) is 7.12. The number of carbonyl (C=O) groups is 3. The van der Waals surface area contributed by atoms with Crippen molar-refractivity contribution in [2.75, 3.05) is 26.7 Å². The minimum Gasteiger partial charge on any atom is -0.453 e. The highest BCUT2D eigenvalue weighted by Crippen LogP contribution is 2.41. The van der Waals surface area contributed by atoms with E-state index in [0.717, 1.165) is 23.8 Å². The molecule has 1 saturated heterocycles. The molecule has 0 spiro atoms. The number of esters is 1. The smallest absolute Gasteiger partial charge is 0.303 e. The number of benzene rings is 2. The Labute approximate surface area is 254 Å². The molecule has 2 amide bonds. The first-order valence-corrected chi connectivity index (χ1v) is 14.4. The van der Waals surface area contributed by atoms with Gasteiger partial charge < -0.3 is 24.8 Å². The number of carbonyl (C=O) groups excluding carboxylic acids is 3. The standard InChI is InChI=1S/C32H38F3N5O4/c1-19(44-20(2)41)30(42)40(17-22-14-37-15-26(22)35)28(32(3,4)31(43)36-5)29-38-27(24-13-23(33)11-12-25(24)34)18-39(29)16-21-9-7-6-8-10-21/h6-13,18-19,22,26,28,37H,14-17H2,1-5H3,(H,36,43)/t19-,22-,26?,28-/m0/s1. The van der Waals surface area contributed by atoms with Crippen LogP contribution >= 0.6 is 0 Å². The average molecular weight is 614 g/mol. The van der Waals surface area contributed by atoms with Crippen LogP contribution in [-0.4, -0.2) is 71.2 Å². The molecule has 44 heavy (non-hydrogen) atoms. The first-order valence-electron chi connectivity index (χ1n) is 14.4. The minimum absolute atomic E-state index is 0.0805. The van der Waals surface area contributed by atoms with E-state index in [-0.39, 0.29) is 43.3 Å². The predicted octanol–water partition coefficient (Wildman–Crippen LogP) is 4.03. The van der Waals surface area contributed by atoms with Gasteiger partial charge in [-0.2, -0.15) is 0 Å². The lowest BCUT2D eigenvalue weighted by Gasteiger charge is -2.42. The molecular formula is C32H38F3N5O4. The third-order valence-corrected chi connectivity index (χ3v) is 7.92. The Balaban J connectivity index is 1.97. The Kier molecular flexibility index (Phi) is 10.1. The average Bonchev–Trinajstić information content (AvgIpc) is 3.58. The molecule has 9 nitrogen and oxygen atoms in total. The molecule has 2 heterocycles. The summed E-state index contributed by atoms with van der Waals surface area (Å²) in [6.07, 6.45) is -1.000. The molecule has 2 N–H and O–H groups in total. The van der Waals surface area contributed by atoms with Crippen molar-refractivity contribution in [3.63, 3.8) is 0 Å². The molecule has 236 valence electrons. The zero-order valence-corrected chi connectivity index (χ0v) is 25.4. The second kappa shape index (κ2) is 13.6. The zero-order chi connectivity index (χ0) is 32.2. The summed E-state index contributed by atoms with van der Waals surface area (Å²) < 4.78 is 51.3. The first kappa shape index (κ1) is 32.7. The maximum atomic E-state index is 15.0. The molecule has 0 radical (unpaired) electrons. The summed E-state index contributed by atoms with van der Waals surface area (Å²) in [7, 11) is 1.46. The van der Waals surface area contributed by atoms with Gasteiger partial charge in [0.2, 0.25) is 5.91 Å². The van der Waals surface area contributed by atoms with Gasteiger partial charge in [-0.3, -0.25) is 14.4 Å². The van der Waals surface area contributed by atoms with Crippen molar-refractivity contribution in [1.29, 1.82) is 0 Å². The normalized spacial score (nSPS) is 18.0. The van der Waals surface area contributed by atoms with Gasteiger partial charge >= 0.3 is 5.97 Å². The summed E-state index contributed by atoms with van der Waals surface area (Å²) in [6, 6.07) is 11.1. The molecule has 1 aromatic heterocycles. The SMILES string of the molecule is CNC(=O)C(C)(C)[C@H](c1nc(-c2cc(F)ccc2F)cn1Cc1ccccc1)N(C[C@@H]1CNCC1F)C(=O)[C@H](C)OC(C)=O. The maximum Gasteiger partial charge on any atom is 0.303 e. The highest BCUT2D eigenvalue weighted by Gasteiger charge is 2.48. The van der Waals surface area contributed by atoms with Crippen molar-refractivity contribution in [2.45, 2.75) is 52.6 Å². The van der Waals surface area contributed by atoms with Gasteiger partial charge in [-0.15, -0.1) is 0 Å². The summed E-state index contributed by atoms with van der Waals surface area (Å²) in [4.78, 5) is 45.5. The quantitative estimate of drug-likeness (QED) is 0.317. The molecule has 0 bridgehead atoms. The van der Waals surface area contributed by atoms with Crippen LogP contribution in [0.4, 0.5) is 13.2 Å².